The zero-order valence-electron chi connectivity index (χ0n) is 12.2. The van der Waals surface area contributed by atoms with E-state index >= 15 is 0 Å². The van der Waals surface area contributed by atoms with Gasteiger partial charge in [-0.3, -0.25) is 0 Å². The first-order valence-corrected chi connectivity index (χ1v) is 7.97. The third kappa shape index (κ3) is 2.25. The van der Waals surface area contributed by atoms with Gasteiger partial charge in [0.1, 0.15) is 0 Å². The van der Waals surface area contributed by atoms with Gasteiger partial charge in [-0.25, -0.2) is 0 Å². The summed E-state index contributed by atoms with van der Waals surface area (Å²) in [6, 6.07) is 13.5. The molecule has 2 aromatic rings. The fourth-order valence-electron chi connectivity index (χ4n) is 3.74. The third-order valence-corrected chi connectivity index (χ3v) is 4.83. The van der Waals surface area contributed by atoms with Crippen molar-refractivity contribution in [3.63, 3.8) is 0 Å². The zero-order chi connectivity index (χ0) is 15.1. The average Bonchev–Trinajstić information content (AvgIpc) is 2.81. The van der Waals surface area contributed by atoms with Crippen molar-refractivity contribution >= 4 is 28.8 Å². The van der Waals surface area contributed by atoms with E-state index in [4.69, 9.17) is 17.3 Å². The fraction of sp³-hybridized carbons (Fsp3) is 0.375. The van der Waals surface area contributed by atoms with Crippen LogP contribution in [0.1, 0.15) is 12.8 Å². The topological polar surface area (TPSA) is 58.3 Å². The van der Waals surface area contributed by atoms with Gasteiger partial charge in [0.05, 0.1) is 5.69 Å². The Labute approximate surface area is 134 Å². The minimum atomic E-state index is 0.391. The summed E-state index contributed by atoms with van der Waals surface area (Å²) in [4.78, 5) is 4.86. The second-order valence-electron chi connectivity index (χ2n) is 5.97. The summed E-state index contributed by atoms with van der Waals surface area (Å²) in [7, 11) is 0. The van der Waals surface area contributed by atoms with Crippen molar-refractivity contribution in [1.29, 1.82) is 0 Å². The van der Waals surface area contributed by atoms with Crippen molar-refractivity contribution in [1.82, 2.24) is 10.2 Å². The summed E-state index contributed by atoms with van der Waals surface area (Å²) in [5.74, 6) is 0.456. The molecule has 114 valence electrons. The number of hydrogen-bond donors (Lipinski definition) is 1. The van der Waals surface area contributed by atoms with Crippen LogP contribution in [0.25, 0.3) is 0 Å². The van der Waals surface area contributed by atoms with Gasteiger partial charge in [-0.05, 0) is 25.0 Å². The molecule has 2 atom stereocenters. The summed E-state index contributed by atoms with van der Waals surface area (Å²) in [5, 5.41) is 8.14. The van der Waals surface area contributed by atoms with Crippen LogP contribution in [0.3, 0.4) is 0 Å². The van der Waals surface area contributed by atoms with Crippen LogP contribution < -0.4 is 15.5 Å². The molecule has 2 fully saturated rings. The van der Waals surface area contributed by atoms with Gasteiger partial charge >= 0.3 is 0 Å². The number of nitrogen functional groups attached to an aromatic ring is 1. The minimum Gasteiger partial charge on any atom is -0.380 e. The van der Waals surface area contributed by atoms with Crippen molar-refractivity contribution in [3.05, 3.63) is 41.6 Å². The van der Waals surface area contributed by atoms with Gasteiger partial charge in [0.25, 0.3) is 0 Å². The molecule has 0 amide bonds. The quantitative estimate of drug-likeness (QED) is 0.923. The highest BCUT2D eigenvalue weighted by atomic mass is 35.5. The van der Waals surface area contributed by atoms with Gasteiger partial charge in [0.2, 0.25) is 0 Å². The Morgan fingerprint density at radius 1 is 1.05 bits per heavy atom. The van der Waals surface area contributed by atoms with Crippen LogP contribution in [0.2, 0.25) is 5.15 Å². The van der Waals surface area contributed by atoms with Crippen molar-refractivity contribution in [2.45, 2.75) is 24.9 Å². The van der Waals surface area contributed by atoms with Crippen molar-refractivity contribution in [2.24, 2.45) is 0 Å². The number of rotatable bonds is 2. The number of nitrogens with two attached hydrogens (primary N) is 1. The molecule has 0 spiro atoms. The third-order valence-electron chi connectivity index (χ3n) is 4.65. The summed E-state index contributed by atoms with van der Waals surface area (Å²) in [6.07, 6.45) is 2.42. The Morgan fingerprint density at radius 2 is 1.73 bits per heavy atom. The summed E-state index contributed by atoms with van der Waals surface area (Å²) in [5.41, 5.74) is 8.21. The monoisotopic (exact) mass is 315 g/mol. The largest absolute Gasteiger partial charge is 0.380 e. The smallest absolute Gasteiger partial charge is 0.169 e. The second kappa shape index (κ2) is 5.32. The van der Waals surface area contributed by atoms with Crippen LogP contribution in [-0.4, -0.2) is 35.4 Å². The van der Waals surface area contributed by atoms with Crippen LogP contribution in [0.15, 0.2) is 36.4 Å². The molecule has 2 N–H and O–H groups in total. The molecule has 2 unspecified atom stereocenters. The maximum absolute atomic E-state index is 5.99. The van der Waals surface area contributed by atoms with Gasteiger partial charge in [-0.15, -0.1) is 10.2 Å². The number of fused-ring (bicyclic) bond motifs is 2. The lowest BCUT2D eigenvalue weighted by atomic mass is 10.1. The van der Waals surface area contributed by atoms with E-state index in [1.807, 2.05) is 6.07 Å². The van der Waals surface area contributed by atoms with E-state index in [1.54, 1.807) is 0 Å². The molecule has 0 aliphatic carbocycles. The van der Waals surface area contributed by atoms with E-state index in [2.05, 4.69) is 50.3 Å². The molecule has 22 heavy (non-hydrogen) atoms. The average molecular weight is 316 g/mol. The molecule has 1 aromatic carbocycles. The van der Waals surface area contributed by atoms with Crippen molar-refractivity contribution in [2.75, 3.05) is 28.6 Å². The first-order valence-electron chi connectivity index (χ1n) is 7.59. The van der Waals surface area contributed by atoms with Crippen LogP contribution in [-0.2, 0) is 0 Å². The molecule has 3 heterocycles. The molecule has 2 aliphatic heterocycles. The van der Waals surface area contributed by atoms with E-state index < -0.39 is 0 Å². The van der Waals surface area contributed by atoms with Gasteiger partial charge in [0.15, 0.2) is 11.0 Å². The Hall–Kier alpha value is -2.01. The molecule has 5 nitrogen and oxygen atoms in total. The lowest BCUT2D eigenvalue weighted by Gasteiger charge is -2.43. The van der Waals surface area contributed by atoms with Crippen LogP contribution in [0.4, 0.5) is 17.2 Å². The van der Waals surface area contributed by atoms with Crippen LogP contribution >= 0.6 is 11.6 Å². The number of para-hydroxylation sites is 1. The highest BCUT2D eigenvalue weighted by molar-refractivity contribution is 6.29. The molecular formula is C16H18ClN5. The number of anilines is 3. The highest BCUT2D eigenvalue weighted by Crippen LogP contribution is 2.37. The Morgan fingerprint density at radius 3 is 2.41 bits per heavy atom. The standard InChI is InChI=1S/C16H18ClN5/c17-15-8-14(16(18)20-19-15)21-9-12-6-7-13(10-21)22(12)11-4-2-1-3-5-11/h1-5,8,12-13H,6-7,9-10H2,(H2,18,20). The summed E-state index contributed by atoms with van der Waals surface area (Å²) in [6.45, 7) is 1.88. The van der Waals surface area contributed by atoms with Crippen molar-refractivity contribution in [3.8, 4) is 0 Å². The molecule has 0 radical (unpaired) electrons. The van der Waals surface area contributed by atoms with E-state index in [0.717, 1.165) is 18.8 Å². The van der Waals surface area contributed by atoms with E-state index in [-0.39, 0.29) is 0 Å². The number of hydrogen-bond acceptors (Lipinski definition) is 5. The zero-order valence-corrected chi connectivity index (χ0v) is 12.9. The first kappa shape index (κ1) is 13.6. The highest BCUT2D eigenvalue weighted by Gasteiger charge is 2.40. The lowest BCUT2D eigenvalue weighted by molar-refractivity contribution is 0.535. The molecule has 6 heteroatoms. The Kier molecular flexibility index (Phi) is 3.30. The molecule has 4 rings (SSSR count). The second-order valence-corrected chi connectivity index (χ2v) is 6.36. The van der Waals surface area contributed by atoms with Crippen LogP contribution in [0, 0.1) is 0 Å². The molecule has 0 saturated carbocycles. The van der Waals surface area contributed by atoms with Gasteiger partial charge in [-0.1, -0.05) is 29.8 Å². The predicted molar refractivity (Wildman–Crippen MR) is 89.4 cm³/mol. The van der Waals surface area contributed by atoms with Crippen LogP contribution in [0.5, 0.6) is 0 Å². The molecule has 2 bridgehead atoms. The predicted octanol–water partition coefficient (Wildman–Crippen LogP) is 2.57. The SMILES string of the molecule is Nc1nnc(Cl)cc1N1CC2CCC(C1)N2c1ccccc1. The summed E-state index contributed by atoms with van der Waals surface area (Å²) < 4.78 is 0. The number of benzene rings is 1. The number of aromatic nitrogens is 2. The number of piperazine rings is 1. The first-order chi connectivity index (χ1) is 10.7. The van der Waals surface area contributed by atoms with Gasteiger partial charge < -0.3 is 15.5 Å². The lowest BCUT2D eigenvalue weighted by Crippen LogP contribution is -2.54. The number of halogens is 1. The molecular weight excluding hydrogens is 298 g/mol. The minimum absolute atomic E-state index is 0.391. The maximum Gasteiger partial charge on any atom is 0.169 e. The Bertz CT molecular complexity index is 663. The fourth-order valence-corrected chi connectivity index (χ4v) is 3.88. The molecule has 2 aliphatic rings. The molecule has 2 saturated heterocycles. The molecule has 1 aromatic heterocycles. The van der Waals surface area contributed by atoms with E-state index in [1.165, 1.54) is 18.5 Å². The normalized spacial score (nSPS) is 23.9. The van der Waals surface area contributed by atoms with Crippen molar-refractivity contribution < 1.29 is 0 Å². The Balaban J connectivity index is 1.61. The summed E-state index contributed by atoms with van der Waals surface area (Å²) >= 11 is 5.98. The number of nitrogens with zero attached hydrogens (tertiary/aromatic N) is 4. The van der Waals surface area contributed by atoms with E-state index in [9.17, 15) is 0 Å². The van der Waals surface area contributed by atoms with E-state index in [0.29, 0.717) is 23.1 Å². The van der Waals surface area contributed by atoms with Gasteiger partial charge in [0, 0.05) is 36.9 Å². The maximum atomic E-state index is 5.99. The van der Waals surface area contributed by atoms with Gasteiger partial charge in [-0.2, -0.15) is 0 Å².